The predicted molar refractivity (Wildman–Crippen MR) is 137 cm³/mol. The van der Waals surface area contributed by atoms with Crippen molar-refractivity contribution in [3.05, 3.63) is 76.5 Å². The molecule has 0 radical (unpaired) electrons. The zero-order valence-corrected chi connectivity index (χ0v) is 21.1. The van der Waals surface area contributed by atoms with Gasteiger partial charge in [-0.2, -0.15) is 0 Å². The summed E-state index contributed by atoms with van der Waals surface area (Å²) < 4.78 is 38.9. The second-order valence-corrected chi connectivity index (χ2v) is 10.6. The molecule has 35 heavy (non-hydrogen) atoms. The Morgan fingerprint density at radius 2 is 1.80 bits per heavy atom. The maximum atomic E-state index is 12.8. The van der Waals surface area contributed by atoms with E-state index in [4.69, 9.17) is 9.47 Å². The minimum Gasteiger partial charge on any atom is -0.494 e. The van der Waals surface area contributed by atoms with Crippen LogP contribution in [0.3, 0.4) is 0 Å². The van der Waals surface area contributed by atoms with Gasteiger partial charge in [-0.25, -0.2) is 8.42 Å². The Hall–Kier alpha value is -2.92. The SMILES string of the molecule is CCOc1ccc(NS(=O)(=O)c2ccc(C(=O)NC[C@@H](c3cccs3)N3CCOCC3)cc2)cc1. The number of rotatable bonds is 10. The lowest BCUT2D eigenvalue weighted by molar-refractivity contribution is 0.0169. The number of hydrogen-bond donors (Lipinski definition) is 2. The Morgan fingerprint density at radius 3 is 2.43 bits per heavy atom. The summed E-state index contributed by atoms with van der Waals surface area (Å²) in [6.45, 7) is 5.85. The lowest BCUT2D eigenvalue weighted by Crippen LogP contribution is -2.43. The maximum Gasteiger partial charge on any atom is 0.261 e. The van der Waals surface area contributed by atoms with Crippen LogP contribution in [0.15, 0.2) is 70.9 Å². The molecule has 1 fully saturated rings. The molecular weight excluding hydrogens is 486 g/mol. The fourth-order valence-corrected chi connectivity index (χ4v) is 5.78. The summed E-state index contributed by atoms with van der Waals surface area (Å²) in [5.74, 6) is 0.420. The quantitative estimate of drug-likeness (QED) is 0.427. The predicted octanol–water partition coefficient (Wildman–Crippen LogP) is 3.75. The number of sulfonamides is 1. The molecule has 0 spiro atoms. The second kappa shape index (κ2) is 11.7. The molecule has 4 rings (SSSR count). The molecule has 0 saturated carbocycles. The van der Waals surface area contributed by atoms with E-state index < -0.39 is 10.0 Å². The summed E-state index contributed by atoms with van der Waals surface area (Å²) >= 11 is 1.67. The van der Waals surface area contributed by atoms with Gasteiger partial charge in [0.05, 0.1) is 30.8 Å². The van der Waals surface area contributed by atoms with Gasteiger partial charge in [-0.05, 0) is 66.9 Å². The van der Waals surface area contributed by atoms with Crippen LogP contribution in [0.25, 0.3) is 0 Å². The number of morpholine rings is 1. The summed E-state index contributed by atoms with van der Waals surface area (Å²) in [4.78, 5) is 16.4. The van der Waals surface area contributed by atoms with Crippen molar-refractivity contribution in [1.29, 1.82) is 0 Å². The average molecular weight is 516 g/mol. The molecule has 2 aromatic carbocycles. The number of thiophene rings is 1. The first-order chi connectivity index (χ1) is 17.0. The van der Waals surface area contributed by atoms with Crippen molar-refractivity contribution in [2.75, 3.05) is 44.2 Å². The normalized spacial score (nSPS) is 15.3. The largest absolute Gasteiger partial charge is 0.494 e. The highest BCUT2D eigenvalue weighted by atomic mass is 32.2. The van der Waals surface area contributed by atoms with Crippen LogP contribution in [0.4, 0.5) is 5.69 Å². The second-order valence-electron chi connectivity index (χ2n) is 7.98. The van der Waals surface area contributed by atoms with Crippen LogP contribution in [0.1, 0.15) is 28.2 Å². The molecule has 2 heterocycles. The number of carbonyl (C=O) groups excluding carboxylic acids is 1. The number of anilines is 1. The minimum atomic E-state index is -3.79. The average Bonchev–Trinajstić information content (AvgIpc) is 3.41. The van der Waals surface area contributed by atoms with Crippen LogP contribution in [-0.4, -0.2) is 58.7 Å². The van der Waals surface area contributed by atoms with Gasteiger partial charge in [0.2, 0.25) is 0 Å². The third kappa shape index (κ3) is 6.61. The molecule has 0 aliphatic carbocycles. The molecular formula is C25H29N3O5S2. The van der Waals surface area contributed by atoms with E-state index in [1.165, 1.54) is 29.1 Å². The Bertz CT molecular complexity index is 1190. The molecule has 1 atom stereocenters. The molecule has 3 aromatic rings. The van der Waals surface area contributed by atoms with Gasteiger partial charge in [0.1, 0.15) is 5.75 Å². The Kier molecular flexibility index (Phi) is 8.40. The summed E-state index contributed by atoms with van der Waals surface area (Å²) in [6.07, 6.45) is 0. The van der Waals surface area contributed by atoms with E-state index in [1.54, 1.807) is 35.6 Å². The van der Waals surface area contributed by atoms with Crippen LogP contribution < -0.4 is 14.8 Å². The van der Waals surface area contributed by atoms with Crippen LogP contribution in [-0.2, 0) is 14.8 Å². The highest BCUT2D eigenvalue weighted by molar-refractivity contribution is 7.92. The van der Waals surface area contributed by atoms with Gasteiger partial charge in [-0.1, -0.05) is 6.07 Å². The smallest absolute Gasteiger partial charge is 0.261 e. The van der Waals surface area contributed by atoms with E-state index in [0.29, 0.717) is 43.4 Å². The number of nitrogens with zero attached hydrogens (tertiary/aromatic N) is 1. The van der Waals surface area contributed by atoms with E-state index in [1.807, 2.05) is 18.4 Å². The lowest BCUT2D eigenvalue weighted by atomic mass is 10.1. The monoisotopic (exact) mass is 515 g/mol. The molecule has 2 N–H and O–H groups in total. The zero-order chi connectivity index (χ0) is 24.7. The summed E-state index contributed by atoms with van der Waals surface area (Å²) in [6, 6.07) is 16.8. The first-order valence-corrected chi connectivity index (χ1v) is 13.8. The minimum absolute atomic E-state index is 0.0702. The number of carbonyl (C=O) groups is 1. The van der Waals surface area contributed by atoms with E-state index in [2.05, 4.69) is 21.0 Å². The molecule has 1 aliphatic rings. The molecule has 0 bridgehead atoms. The fourth-order valence-electron chi connectivity index (χ4n) is 3.86. The summed E-state index contributed by atoms with van der Waals surface area (Å²) in [5, 5.41) is 5.04. The van der Waals surface area contributed by atoms with Gasteiger partial charge in [0.15, 0.2) is 0 Å². The van der Waals surface area contributed by atoms with Crippen LogP contribution in [0.5, 0.6) is 5.75 Å². The summed E-state index contributed by atoms with van der Waals surface area (Å²) in [5.41, 5.74) is 0.829. The van der Waals surface area contributed by atoms with Gasteiger partial charge >= 0.3 is 0 Å². The zero-order valence-electron chi connectivity index (χ0n) is 19.5. The Morgan fingerprint density at radius 1 is 1.09 bits per heavy atom. The fraction of sp³-hybridized carbons (Fsp3) is 0.320. The van der Waals surface area contributed by atoms with E-state index in [0.717, 1.165) is 13.1 Å². The molecule has 1 aliphatic heterocycles. The molecule has 8 nitrogen and oxygen atoms in total. The van der Waals surface area contributed by atoms with Crippen LogP contribution >= 0.6 is 11.3 Å². The molecule has 1 aromatic heterocycles. The standard InChI is InChI=1S/C25H29N3O5S2/c1-2-33-21-9-7-20(8-10-21)27-35(30,31)22-11-5-19(6-12-22)25(29)26-18-23(24-4-3-17-34-24)28-13-15-32-16-14-28/h3-12,17,23,27H,2,13-16,18H2,1H3,(H,26,29)/t23-/m0/s1. The van der Waals surface area contributed by atoms with Gasteiger partial charge in [0.25, 0.3) is 15.9 Å². The van der Waals surface area contributed by atoms with Crippen molar-refractivity contribution >= 4 is 33.0 Å². The Labute approximate surface area is 209 Å². The van der Waals surface area contributed by atoms with Crippen molar-refractivity contribution < 1.29 is 22.7 Å². The van der Waals surface area contributed by atoms with Crippen molar-refractivity contribution in [3.63, 3.8) is 0 Å². The van der Waals surface area contributed by atoms with E-state index in [9.17, 15) is 13.2 Å². The van der Waals surface area contributed by atoms with Crippen LogP contribution in [0, 0.1) is 0 Å². The number of nitrogens with one attached hydrogen (secondary N) is 2. The number of ether oxygens (including phenoxy) is 2. The number of amides is 1. The van der Waals surface area contributed by atoms with Gasteiger partial charge < -0.3 is 14.8 Å². The topological polar surface area (TPSA) is 97.0 Å². The van der Waals surface area contributed by atoms with Crippen LogP contribution in [0.2, 0.25) is 0 Å². The summed E-state index contributed by atoms with van der Waals surface area (Å²) in [7, 11) is -3.79. The first kappa shape index (κ1) is 25.2. The molecule has 10 heteroatoms. The van der Waals surface area contributed by atoms with Gasteiger partial charge in [-0.3, -0.25) is 14.4 Å². The lowest BCUT2D eigenvalue weighted by Gasteiger charge is -2.34. The molecule has 186 valence electrons. The van der Waals surface area contributed by atoms with Crippen molar-refractivity contribution in [1.82, 2.24) is 10.2 Å². The maximum absolute atomic E-state index is 12.8. The number of hydrogen-bond acceptors (Lipinski definition) is 7. The van der Waals surface area contributed by atoms with Crippen molar-refractivity contribution in [2.45, 2.75) is 17.9 Å². The van der Waals surface area contributed by atoms with Crippen molar-refractivity contribution in [3.8, 4) is 5.75 Å². The third-order valence-electron chi connectivity index (χ3n) is 5.66. The van der Waals surface area contributed by atoms with E-state index in [-0.39, 0.29) is 16.8 Å². The molecule has 0 unspecified atom stereocenters. The third-order valence-corrected chi connectivity index (χ3v) is 8.03. The van der Waals surface area contributed by atoms with E-state index >= 15 is 0 Å². The highest BCUT2D eigenvalue weighted by Crippen LogP contribution is 2.26. The van der Waals surface area contributed by atoms with Gasteiger partial charge in [-0.15, -0.1) is 11.3 Å². The van der Waals surface area contributed by atoms with Crippen molar-refractivity contribution in [2.24, 2.45) is 0 Å². The molecule has 1 amide bonds. The highest BCUT2D eigenvalue weighted by Gasteiger charge is 2.24. The van der Waals surface area contributed by atoms with Gasteiger partial charge in [0, 0.05) is 35.8 Å². The Balaban J connectivity index is 1.38. The first-order valence-electron chi connectivity index (χ1n) is 11.5. The molecule has 1 saturated heterocycles. The number of benzene rings is 2.